The number of nitrogens with one attached hydrogen (secondary N) is 1. The van der Waals surface area contributed by atoms with Gasteiger partial charge in [-0.05, 0) is 24.7 Å². The second-order valence-electron chi connectivity index (χ2n) is 6.25. The molecule has 3 heterocycles. The molecule has 2 fully saturated rings. The largest absolute Gasteiger partial charge is 0.381 e. The van der Waals surface area contributed by atoms with Gasteiger partial charge in [-0.2, -0.15) is 0 Å². The van der Waals surface area contributed by atoms with Gasteiger partial charge in [0.15, 0.2) is 5.13 Å². The van der Waals surface area contributed by atoms with Crippen molar-refractivity contribution >= 4 is 22.5 Å². The molecule has 21 heavy (non-hydrogen) atoms. The van der Waals surface area contributed by atoms with Gasteiger partial charge in [0, 0.05) is 37.6 Å². The summed E-state index contributed by atoms with van der Waals surface area (Å²) in [5, 5.41) is 5.73. The van der Waals surface area contributed by atoms with Gasteiger partial charge in [0.05, 0.1) is 5.69 Å². The number of carbonyl (C=O) groups excluding carboxylic acids is 1. The molecule has 0 spiro atoms. The molecule has 1 aromatic rings. The molecule has 2 unspecified atom stereocenters. The zero-order chi connectivity index (χ0) is 14.8. The number of hydrogen-bond donors (Lipinski definition) is 1. The number of hydrogen-bond acceptors (Lipinski definition) is 4. The first-order valence-corrected chi connectivity index (χ1v) is 8.60. The first-order valence-electron chi connectivity index (χ1n) is 7.72. The van der Waals surface area contributed by atoms with Crippen LogP contribution in [0.3, 0.4) is 0 Å². The fourth-order valence-electron chi connectivity index (χ4n) is 2.99. The van der Waals surface area contributed by atoms with Gasteiger partial charge in [0.2, 0.25) is 0 Å². The molecule has 1 aromatic heterocycles. The summed E-state index contributed by atoms with van der Waals surface area (Å²) in [5.41, 5.74) is 1.10. The Balaban J connectivity index is 1.58. The lowest BCUT2D eigenvalue weighted by Gasteiger charge is -2.20. The van der Waals surface area contributed by atoms with Gasteiger partial charge < -0.3 is 9.64 Å². The summed E-state index contributed by atoms with van der Waals surface area (Å²) in [6.07, 6.45) is 2.05. The molecule has 0 aromatic carbocycles. The highest BCUT2D eigenvalue weighted by Gasteiger charge is 2.29. The summed E-state index contributed by atoms with van der Waals surface area (Å²) in [6, 6.07) is -0.0147. The molecule has 2 aliphatic heterocycles. The fraction of sp³-hybridized carbons (Fsp3) is 0.733. The Kier molecular flexibility index (Phi) is 4.45. The number of aromatic nitrogens is 1. The maximum absolute atomic E-state index is 12.3. The number of carbonyl (C=O) groups is 1. The molecule has 116 valence electrons. The van der Waals surface area contributed by atoms with Crippen molar-refractivity contribution in [2.75, 3.05) is 31.6 Å². The lowest BCUT2D eigenvalue weighted by Crippen LogP contribution is -2.33. The van der Waals surface area contributed by atoms with Crippen molar-refractivity contribution in [2.45, 2.75) is 32.6 Å². The number of anilines is 1. The maximum Gasteiger partial charge on any atom is 0.323 e. The van der Waals surface area contributed by atoms with Crippen molar-refractivity contribution in [2.24, 2.45) is 11.8 Å². The molecule has 0 bridgehead atoms. The molecular weight excluding hydrogens is 286 g/mol. The van der Waals surface area contributed by atoms with Crippen LogP contribution in [0.1, 0.15) is 38.3 Å². The number of urea groups is 1. The number of rotatable bonds is 2. The first-order chi connectivity index (χ1) is 10.1. The summed E-state index contributed by atoms with van der Waals surface area (Å²) in [7, 11) is 0. The van der Waals surface area contributed by atoms with E-state index in [1.807, 2.05) is 4.90 Å². The Hall–Kier alpha value is -1.14. The van der Waals surface area contributed by atoms with Gasteiger partial charge >= 0.3 is 6.03 Å². The van der Waals surface area contributed by atoms with Crippen LogP contribution in [-0.4, -0.2) is 42.2 Å². The highest BCUT2D eigenvalue weighted by molar-refractivity contribution is 7.13. The zero-order valence-corrected chi connectivity index (χ0v) is 13.5. The molecule has 2 aliphatic rings. The highest BCUT2D eigenvalue weighted by Crippen LogP contribution is 2.30. The van der Waals surface area contributed by atoms with Crippen molar-refractivity contribution in [3.05, 3.63) is 11.1 Å². The predicted octanol–water partition coefficient (Wildman–Crippen LogP) is 3.16. The van der Waals surface area contributed by atoms with Crippen LogP contribution in [0.4, 0.5) is 9.93 Å². The third-order valence-corrected chi connectivity index (χ3v) is 5.43. The van der Waals surface area contributed by atoms with Crippen LogP contribution in [0, 0.1) is 11.8 Å². The molecule has 5 nitrogen and oxygen atoms in total. The second kappa shape index (κ2) is 6.32. The van der Waals surface area contributed by atoms with Crippen molar-refractivity contribution < 1.29 is 9.53 Å². The van der Waals surface area contributed by atoms with Gasteiger partial charge in [-0.15, -0.1) is 11.3 Å². The lowest BCUT2D eigenvalue weighted by molar-refractivity contribution is 0.0846. The summed E-state index contributed by atoms with van der Waals surface area (Å²) in [5.74, 6) is 1.63. The van der Waals surface area contributed by atoms with E-state index in [0.29, 0.717) is 22.9 Å². The average Bonchev–Trinajstić information content (AvgIpc) is 3.08. The van der Waals surface area contributed by atoms with E-state index >= 15 is 0 Å². The molecule has 3 rings (SSSR count). The SMILES string of the molecule is CC1CN(C(=O)Nc2nc(C3CCOCC3)cs2)CC1C. The van der Waals surface area contributed by atoms with Gasteiger partial charge in [0.1, 0.15) is 0 Å². The molecular formula is C15H23N3O2S. The Morgan fingerprint density at radius 3 is 2.67 bits per heavy atom. The first kappa shape index (κ1) is 14.8. The maximum atomic E-state index is 12.3. The standard InChI is InChI=1S/C15H23N3O2S/c1-10-7-18(8-11(10)2)15(19)17-14-16-13(9-21-14)12-3-5-20-6-4-12/h9-12H,3-8H2,1-2H3,(H,16,17,19). The number of amides is 2. The van der Waals surface area contributed by atoms with Crippen molar-refractivity contribution in [1.82, 2.24) is 9.88 Å². The minimum Gasteiger partial charge on any atom is -0.381 e. The summed E-state index contributed by atoms with van der Waals surface area (Å²) < 4.78 is 5.38. The number of likely N-dealkylation sites (tertiary alicyclic amines) is 1. The smallest absolute Gasteiger partial charge is 0.323 e. The van der Waals surface area contributed by atoms with Crippen molar-refractivity contribution in [3.8, 4) is 0 Å². The van der Waals surface area contributed by atoms with Gasteiger partial charge in [-0.1, -0.05) is 13.8 Å². The van der Waals surface area contributed by atoms with Crippen molar-refractivity contribution in [1.29, 1.82) is 0 Å². The monoisotopic (exact) mass is 309 g/mol. The van der Waals surface area contributed by atoms with Crippen LogP contribution in [0.5, 0.6) is 0 Å². The van der Waals surface area contributed by atoms with Crippen LogP contribution in [0.25, 0.3) is 0 Å². The molecule has 1 N–H and O–H groups in total. The van der Waals surface area contributed by atoms with E-state index in [1.165, 1.54) is 11.3 Å². The molecule has 0 saturated carbocycles. The molecule has 0 aliphatic carbocycles. The number of ether oxygens (including phenoxy) is 1. The Morgan fingerprint density at radius 1 is 1.33 bits per heavy atom. The Morgan fingerprint density at radius 2 is 2.00 bits per heavy atom. The third kappa shape index (κ3) is 3.37. The fourth-order valence-corrected chi connectivity index (χ4v) is 3.77. The van der Waals surface area contributed by atoms with Crippen LogP contribution in [-0.2, 0) is 4.74 Å². The predicted molar refractivity (Wildman–Crippen MR) is 83.8 cm³/mol. The van der Waals surface area contributed by atoms with E-state index < -0.39 is 0 Å². The zero-order valence-electron chi connectivity index (χ0n) is 12.7. The second-order valence-corrected chi connectivity index (χ2v) is 7.11. The van der Waals surface area contributed by atoms with Crippen LogP contribution in [0.2, 0.25) is 0 Å². The van der Waals surface area contributed by atoms with E-state index in [2.05, 4.69) is 29.5 Å². The van der Waals surface area contributed by atoms with Gasteiger partial charge in [-0.25, -0.2) is 9.78 Å². The van der Waals surface area contributed by atoms with E-state index in [0.717, 1.165) is 44.8 Å². The van der Waals surface area contributed by atoms with Crippen LogP contribution in [0.15, 0.2) is 5.38 Å². The minimum absolute atomic E-state index is 0.0147. The summed E-state index contributed by atoms with van der Waals surface area (Å²) >= 11 is 1.52. The molecule has 2 atom stereocenters. The molecule has 6 heteroatoms. The average molecular weight is 309 g/mol. The lowest BCUT2D eigenvalue weighted by atomic mass is 9.98. The van der Waals surface area contributed by atoms with Crippen LogP contribution < -0.4 is 5.32 Å². The minimum atomic E-state index is -0.0147. The normalized spacial score (nSPS) is 27.0. The number of thiazole rings is 1. The molecule has 0 radical (unpaired) electrons. The topological polar surface area (TPSA) is 54.5 Å². The molecule has 2 saturated heterocycles. The third-order valence-electron chi connectivity index (χ3n) is 4.65. The van der Waals surface area contributed by atoms with E-state index in [1.54, 1.807) is 0 Å². The van der Waals surface area contributed by atoms with E-state index in [9.17, 15) is 4.79 Å². The summed E-state index contributed by atoms with van der Waals surface area (Å²) in [6.45, 7) is 7.70. The Bertz CT molecular complexity index is 489. The van der Waals surface area contributed by atoms with E-state index in [4.69, 9.17) is 4.74 Å². The molecule has 2 amide bonds. The van der Waals surface area contributed by atoms with Gasteiger partial charge in [-0.3, -0.25) is 5.32 Å². The van der Waals surface area contributed by atoms with Gasteiger partial charge in [0.25, 0.3) is 0 Å². The van der Waals surface area contributed by atoms with Crippen LogP contribution >= 0.6 is 11.3 Å². The van der Waals surface area contributed by atoms with Crippen molar-refractivity contribution in [3.63, 3.8) is 0 Å². The highest BCUT2D eigenvalue weighted by atomic mass is 32.1. The van der Waals surface area contributed by atoms with E-state index in [-0.39, 0.29) is 6.03 Å². The Labute approximate surface area is 129 Å². The quantitative estimate of drug-likeness (QED) is 0.913. The summed E-state index contributed by atoms with van der Waals surface area (Å²) in [4.78, 5) is 18.7. The number of nitrogens with zero attached hydrogens (tertiary/aromatic N) is 2.